The predicted molar refractivity (Wildman–Crippen MR) is 141 cm³/mol. The van der Waals surface area contributed by atoms with Crippen LogP contribution in [0.3, 0.4) is 0 Å². The lowest BCUT2D eigenvalue weighted by atomic mass is 9.86. The summed E-state index contributed by atoms with van der Waals surface area (Å²) in [5, 5.41) is 3.23. The number of hydrogen-bond acceptors (Lipinski definition) is 3. The Morgan fingerprint density at radius 2 is 1.77 bits per heavy atom. The van der Waals surface area contributed by atoms with Gasteiger partial charge in [-0.3, -0.25) is 9.59 Å². The van der Waals surface area contributed by atoms with Crippen molar-refractivity contribution in [2.45, 2.75) is 97.2 Å². The molecule has 1 saturated carbocycles. The number of ether oxygens (including phenoxy) is 1. The summed E-state index contributed by atoms with van der Waals surface area (Å²) in [5.41, 5.74) is 3.09. The lowest BCUT2D eigenvalue weighted by Gasteiger charge is -2.33. The van der Waals surface area contributed by atoms with E-state index in [1.165, 1.54) is 6.42 Å². The SMILES string of the molecule is CC[C@@H](C(=O)NC1CCCCC1)N(Cc1cccc(C)c1)C(=O)COc1ccccc1C(C)(C)C. The highest BCUT2D eigenvalue weighted by Gasteiger charge is 2.31. The molecule has 35 heavy (non-hydrogen) atoms. The molecular formula is C30H42N2O3. The molecule has 0 aliphatic heterocycles. The van der Waals surface area contributed by atoms with E-state index in [9.17, 15) is 9.59 Å². The minimum absolute atomic E-state index is 0.0597. The third-order valence-corrected chi connectivity index (χ3v) is 6.82. The van der Waals surface area contributed by atoms with Gasteiger partial charge in [0.25, 0.3) is 5.91 Å². The van der Waals surface area contributed by atoms with Crippen LogP contribution in [-0.4, -0.2) is 35.4 Å². The molecule has 1 fully saturated rings. The second kappa shape index (κ2) is 12.2. The topological polar surface area (TPSA) is 58.6 Å². The number of para-hydroxylation sites is 1. The van der Waals surface area contributed by atoms with E-state index in [1.807, 2.05) is 56.3 Å². The van der Waals surface area contributed by atoms with Gasteiger partial charge in [0.05, 0.1) is 0 Å². The number of nitrogens with zero attached hydrogens (tertiary/aromatic N) is 1. The third kappa shape index (κ3) is 7.58. The predicted octanol–water partition coefficient (Wildman–Crippen LogP) is 5.93. The van der Waals surface area contributed by atoms with Gasteiger partial charge >= 0.3 is 0 Å². The first-order valence-corrected chi connectivity index (χ1v) is 13.1. The second-order valence-electron chi connectivity index (χ2n) is 10.8. The Morgan fingerprint density at radius 3 is 2.43 bits per heavy atom. The van der Waals surface area contributed by atoms with E-state index in [0.717, 1.165) is 42.4 Å². The Kier molecular flexibility index (Phi) is 9.36. The molecule has 0 unspecified atom stereocenters. The molecule has 0 bridgehead atoms. The molecule has 1 aliphatic rings. The minimum atomic E-state index is -0.536. The Morgan fingerprint density at radius 1 is 1.06 bits per heavy atom. The molecule has 3 rings (SSSR count). The first-order chi connectivity index (χ1) is 16.7. The largest absolute Gasteiger partial charge is 0.483 e. The first-order valence-electron chi connectivity index (χ1n) is 13.1. The Bertz CT molecular complexity index is 989. The van der Waals surface area contributed by atoms with E-state index in [4.69, 9.17) is 4.74 Å². The van der Waals surface area contributed by atoms with Crippen molar-refractivity contribution in [1.29, 1.82) is 0 Å². The fourth-order valence-corrected chi connectivity index (χ4v) is 4.91. The average molecular weight is 479 g/mol. The van der Waals surface area contributed by atoms with Gasteiger partial charge in [0.15, 0.2) is 6.61 Å². The maximum absolute atomic E-state index is 13.6. The van der Waals surface area contributed by atoms with Crippen LogP contribution in [0.15, 0.2) is 48.5 Å². The fraction of sp³-hybridized carbons (Fsp3) is 0.533. The van der Waals surface area contributed by atoms with Crippen LogP contribution in [0.5, 0.6) is 5.75 Å². The summed E-state index contributed by atoms with van der Waals surface area (Å²) >= 11 is 0. The zero-order valence-corrected chi connectivity index (χ0v) is 22.1. The summed E-state index contributed by atoms with van der Waals surface area (Å²) in [5.74, 6) is 0.472. The summed E-state index contributed by atoms with van der Waals surface area (Å²) < 4.78 is 6.07. The van der Waals surface area contributed by atoms with Crippen molar-refractivity contribution in [2.24, 2.45) is 0 Å². The molecule has 190 valence electrons. The number of aryl methyl sites for hydroxylation is 1. The Balaban J connectivity index is 1.80. The van der Waals surface area contributed by atoms with Gasteiger partial charge < -0.3 is 15.0 Å². The van der Waals surface area contributed by atoms with Crippen LogP contribution in [-0.2, 0) is 21.5 Å². The van der Waals surface area contributed by atoms with E-state index < -0.39 is 6.04 Å². The molecule has 1 N–H and O–H groups in total. The molecule has 0 saturated heterocycles. The summed E-state index contributed by atoms with van der Waals surface area (Å²) in [6, 6.07) is 15.6. The lowest BCUT2D eigenvalue weighted by Crippen LogP contribution is -2.52. The molecule has 5 heteroatoms. The van der Waals surface area contributed by atoms with E-state index in [1.54, 1.807) is 4.90 Å². The van der Waals surface area contributed by atoms with E-state index in [2.05, 4.69) is 32.2 Å². The number of carbonyl (C=O) groups excluding carboxylic acids is 2. The van der Waals surface area contributed by atoms with Gasteiger partial charge in [-0.1, -0.05) is 95.0 Å². The average Bonchev–Trinajstić information content (AvgIpc) is 2.82. The Hall–Kier alpha value is -2.82. The highest BCUT2D eigenvalue weighted by atomic mass is 16.5. The first kappa shape index (κ1) is 26.8. The zero-order valence-electron chi connectivity index (χ0n) is 22.1. The number of rotatable bonds is 9. The summed E-state index contributed by atoms with van der Waals surface area (Å²) in [6.45, 7) is 10.7. The maximum Gasteiger partial charge on any atom is 0.261 e. The van der Waals surface area contributed by atoms with Crippen LogP contribution < -0.4 is 10.1 Å². The van der Waals surface area contributed by atoms with Gasteiger partial charge in [-0.2, -0.15) is 0 Å². The van der Waals surface area contributed by atoms with Crippen LogP contribution in [0, 0.1) is 6.92 Å². The number of hydrogen-bond donors (Lipinski definition) is 1. The van der Waals surface area contributed by atoms with Gasteiger partial charge in [0.2, 0.25) is 5.91 Å². The van der Waals surface area contributed by atoms with Crippen LogP contribution in [0.25, 0.3) is 0 Å². The van der Waals surface area contributed by atoms with Gasteiger partial charge in [-0.05, 0) is 48.8 Å². The highest BCUT2D eigenvalue weighted by Crippen LogP contribution is 2.31. The van der Waals surface area contributed by atoms with Gasteiger partial charge in [0, 0.05) is 12.6 Å². The summed E-state index contributed by atoms with van der Waals surface area (Å²) in [4.78, 5) is 28.6. The molecule has 0 aromatic heterocycles. The molecule has 2 amide bonds. The van der Waals surface area contributed by atoms with Crippen LogP contribution >= 0.6 is 0 Å². The van der Waals surface area contributed by atoms with Crippen LogP contribution in [0.4, 0.5) is 0 Å². The van der Waals surface area contributed by atoms with Crippen molar-refractivity contribution in [3.05, 3.63) is 65.2 Å². The number of carbonyl (C=O) groups is 2. The summed E-state index contributed by atoms with van der Waals surface area (Å²) in [6.07, 6.45) is 6.11. The highest BCUT2D eigenvalue weighted by molar-refractivity contribution is 5.88. The Labute approximate surface area is 211 Å². The zero-order chi connectivity index (χ0) is 25.4. The monoisotopic (exact) mass is 478 g/mol. The molecule has 2 aromatic carbocycles. The van der Waals surface area contributed by atoms with Crippen LogP contribution in [0.1, 0.15) is 82.9 Å². The number of amides is 2. The van der Waals surface area contributed by atoms with E-state index in [-0.39, 0.29) is 29.9 Å². The third-order valence-electron chi connectivity index (χ3n) is 6.82. The fourth-order valence-electron chi connectivity index (χ4n) is 4.91. The molecule has 5 nitrogen and oxygen atoms in total. The van der Waals surface area contributed by atoms with E-state index in [0.29, 0.717) is 18.7 Å². The van der Waals surface area contributed by atoms with Crippen molar-refractivity contribution in [3.8, 4) is 5.75 Å². The van der Waals surface area contributed by atoms with E-state index >= 15 is 0 Å². The molecule has 1 atom stereocenters. The van der Waals surface area contributed by atoms with Crippen molar-refractivity contribution in [3.63, 3.8) is 0 Å². The smallest absolute Gasteiger partial charge is 0.261 e. The summed E-state index contributed by atoms with van der Waals surface area (Å²) in [7, 11) is 0. The molecule has 1 aliphatic carbocycles. The normalized spacial score (nSPS) is 15.3. The lowest BCUT2D eigenvalue weighted by molar-refractivity contribution is -0.143. The second-order valence-corrected chi connectivity index (χ2v) is 10.8. The molecule has 0 radical (unpaired) electrons. The molecule has 0 heterocycles. The van der Waals surface area contributed by atoms with Crippen molar-refractivity contribution < 1.29 is 14.3 Å². The van der Waals surface area contributed by atoms with Crippen molar-refractivity contribution in [1.82, 2.24) is 10.2 Å². The molecular weight excluding hydrogens is 436 g/mol. The van der Waals surface area contributed by atoms with Crippen LogP contribution in [0.2, 0.25) is 0 Å². The van der Waals surface area contributed by atoms with Crippen molar-refractivity contribution in [2.75, 3.05) is 6.61 Å². The molecule has 2 aromatic rings. The quantitative estimate of drug-likeness (QED) is 0.486. The minimum Gasteiger partial charge on any atom is -0.483 e. The van der Waals surface area contributed by atoms with Gasteiger partial charge in [-0.15, -0.1) is 0 Å². The van der Waals surface area contributed by atoms with Gasteiger partial charge in [-0.25, -0.2) is 0 Å². The number of nitrogens with one attached hydrogen (secondary N) is 1. The molecule has 0 spiro atoms. The maximum atomic E-state index is 13.6. The van der Waals surface area contributed by atoms with Gasteiger partial charge in [0.1, 0.15) is 11.8 Å². The van der Waals surface area contributed by atoms with Crippen molar-refractivity contribution >= 4 is 11.8 Å². The standard InChI is InChI=1S/C30H42N2O3/c1-6-26(29(34)31-24-15-8-7-9-16-24)32(20-23-14-12-13-22(2)19-23)28(33)21-35-27-18-11-10-17-25(27)30(3,4)5/h10-14,17-19,24,26H,6-9,15-16,20-21H2,1-5H3,(H,31,34)/t26-/m0/s1. The number of benzene rings is 2.